The quantitative estimate of drug-likeness (QED) is 0.625. The number of carbonyl (C=O) groups is 2. The normalized spacial score (nSPS) is 15.9. The van der Waals surface area contributed by atoms with Gasteiger partial charge in [0.2, 0.25) is 5.91 Å². The number of nitrogens with one attached hydrogen (secondary N) is 1. The van der Waals surface area contributed by atoms with E-state index < -0.39 is 0 Å². The Hall–Kier alpha value is -1.56. The van der Waals surface area contributed by atoms with Crippen molar-refractivity contribution in [2.24, 2.45) is 5.92 Å². The van der Waals surface area contributed by atoms with Crippen LogP contribution in [0.4, 0.5) is 0 Å². The zero-order valence-electron chi connectivity index (χ0n) is 15.4. The summed E-state index contributed by atoms with van der Waals surface area (Å²) in [5.41, 5.74) is 1.50. The van der Waals surface area contributed by atoms with Gasteiger partial charge in [-0.2, -0.15) is 0 Å². The minimum Gasteiger partial charge on any atom is -0.349 e. The predicted molar refractivity (Wildman–Crippen MR) is 116 cm³/mol. The van der Waals surface area contributed by atoms with E-state index in [9.17, 15) is 9.59 Å². The summed E-state index contributed by atoms with van der Waals surface area (Å²) in [7, 11) is 0. The Morgan fingerprint density at radius 1 is 1.11 bits per heavy atom. The highest BCUT2D eigenvalue weighted by molar-refractivity contribution is 9.10. The molecular weight excluding hydrogens is 463 g/mol. The maximum atomic E-state index is 12.7. The number of piperidine rings is 1. The van der Waals surface area contributed by atoms with Gasteiger partial charge in [-0.15, -0.1) is 0 Å². The average Bonchev–Trinajstić information content (AvgIpc) is 2.68. The summed E-state index contributed by atoms with van der Waals surface area (Å²) in [5.74, 6) is -0.107. The average molecular weight is 484 g/mol. The third kappa shape index (κ3) is 5.07. The number of carbonyl (C=O) groups excluding carboxylic acids is 2. The molecule has 1 aliphatic rings. The number of hydrogen-bond acceptors (Lipinski definition) is 2. The van der Waals surface area contributed by atoms with Gasteiger partial charge < -0.3 is 10.2 Å². The zero-order chi connectivity index (χ0) is 20.3. The molecule has 2 aromatic carbocycles. The maximum absolute atomic E-state index is 12.7. The Bertz CT molecular complexity index is 865. The van der Waals surface area contributed by atoms with Gasteiger partial charge in [0.1, 0.15) is 0 Å². The maximum Gasteiger partial charge on any atom is 0.253 e. The molecule has 3 rings (SSSR count). The first-order chi connectivity index (χ1) is 13.3. The lowest BCUT2D eigenvalue weighted by atomic mass is 9.94. The number of nitrogens with zero attached hydrogens (tertiary/aromatic N) is 1. The molecule has 1 aliphatic heterocycles. The van der Waals surface area contributed by atoms with E-state index in [0.717, 1.165) is 10.0 Å². The molecule has 0 aliphatic carbocycles. The highest BCUT2D eigenvalue weighted by Gasteiger charge is 2.28. The molecule has 1 saturated heterocycles. The minimum atomic E-state index is -0.209. The Kier molecular flexibility index (Phi) is 7.02. The Morgan fingerprint density at radius 2 is 1.75 bits per heavy atom. The van der Waals surface area contributed by atoms with Crippen LogP contribution in [0.3, 0.4) is 0 Å². The van der Waals surface area contributed by atoms with Crippen molar-refractivity contribution in [3.8, 4) is 0 Å². The third-order valence-electron chi connectivity index (χ3n) is 5.03. The van der Waals surface area contributed by atoms with Crippen LogP contribution >= 0.6 is 39.1 Å². The second-order valence-corrected chi connectivity index (χ2v) is 8.73. The Morgan fingerprint density at radius 3 is 2.36 bits per heavy atom. The van der Waals surface area contributed by atoms with Gasteiger partial charge in [0.15, 0.2) is 0 Å². The summed E-state index contributed by atoms with van der Waals surface area (Å²) in [5, 5.41) is 4.14. The van der Waals surface area contributed by atoms with Gasteiger partial charge in [-0.05, 0) is 61.7 Å². The lowest BCUT2D eigenvalue weighted by molar-refractivity contribution is -0.126. The number of amides is 2. The van der Waals surface area contributed by atoms with Crippen molar-refractivity contribution in [3.63, 3.8) is 0 Å². The van der Waals surface area contributed by atoms with Crippen LogP contribution in [0.1, 0.15) is 41.7 Å². The van der Waals surface area contributed by atoms with Crippen LogP contribution in [0.2, 0.25) is 10.0 Å². The van der Waals surface area contributed by atoms with Crippen molar-refractivity contribution in [2.75, 3.05) is 13.1 Å². The lowest BCUT2D eigenvalue weighted by Crippen LogP contribution is -2.43. The van der Waals surface area contributed by atoms with E-state index in [1.165, 1.54) is 0 Å². The third-order valence-corrected chi connectivity index (χ3v) is 6.12. The first-order valence-electron chi connectivity index (χ1n) is 9.15. The molecule has 2 amide bonds. The molecule has 0 aromatic heterocycles. The van der Waals surface area contributed by atoms with Gasteiger partial charge in [-0.3, -0.25) is 9.59 Å². The first kappa shape index (κ1) is 21.2. The summed E-state index contributed by atoms with van der Waals surface area (Å²) < 4.78 is 0.939. The van der Waals surface area contributed by atoms with Crippen molar-refractivity contribution < 1.29 is 9.59 Å². The van der Waals surface area contributed by atoms with Crippen molar-refractivity contribution in [3.05, 3.63) is 68.1 Å². The summed E-state index contributed by atoms with van der Waals surface area (Å²) in [6, 6.07) is 12.4. The van der Waals surface area contributed by atoms with Gasteiger partial charge in [0, 0.05) is 39.1 Å². The van der Waals surface area contributed by atoms with Crippen molar-refractivity contribution in [1.82, 2.24) is 10.2 Å². The summed E-state index contributed by atoms with van der Waals surface area (Å²) >= 11 is 15.5. The largest absolute Gasteiger partial charge is 0.349 e. The van der Waals surface area contributed by atoms with E-state index in [2.05, 4.69) is 21.2 Å². The second-order valence-electron chi connectivity index (χ2n) is 6.97. The SMILES string of the molecule is CC(NC(=O)C1CCN(C(=O)c2ccc(Br)cc2)CC1)c1ccc(Cl)cc1Cl. The topological polar surface area (TPSA) is 49.4 Å². The standard InChI is InChI=1S/C21H21BrCl2N2O2/c1-13(18-7-6-17(23)12-19(18)24)25-20(27)14-8-10-26(11-9-14)21(28)15-2-4-16(22)5-3-15/h2-7,12-14H,8-11H2,1H3,(H,25,27). The number of hydrogen-bond donors (Lipinski definition) is 1. The second kappa shape index (κ2) is 9.29. The Balaban J connectivity index is 1.54. The van der Waals surface area contributed by atoms with Crippen LogP contribution in [-0.2, 0) is 4.79 Å². The van der Waals surface area contributed by atoms with Gasteiger partial charge in [-0.25, -0.2) is 0 Å². The van der Waals surface area contributed by atoms with Crippen LogP contribution in [0.15, 0.2) is 46.9 Å². The molecule has 2 aromatic rings. The summed E-state index contributed by atoms with van der Waals surface area (Å²) in [6.45, 7) is 3.05. The molecule has 1 N–H and O–H groups in total. The van der Waals surface area contributed by atoms with Gasteiger partial charge >= 0.3 is 0 Å². The van der Waals surface area contributed by atoms with Crippen LogP contribution < -0.4 is 5.32 Å². The van der Waals surface area contributed by atoms with Crippen LogP contribution in [0, 0.1) is 5.92 Å². The molecule has 1 fully saturated rings. The fourth-order valence-electron chi connectivity index (χ4n) is 3.38. The molecule has 0 radical (unpaired) electrons. The van der Waals surface area contributed by atoms with E-state index >= 15 is 0 Å². The molecule has 4 nitrogen and oxygen atoms in total. The molecule has 0 saturated carbocycles. The molecule has 7 heteroatoms. The molecule has 28 heavy (non-hydrogen) atoms. The molecular formula is C21H21BrCl2N2O2. The number of benzene rings is 2. The van der Waals surface area contributed by atoms with Crippen molar-refractivity contribution in [1.29, 1.82) is 0 Å². The van der Waals surface area contributed by atoms with E-state index in [-0.39, 0.29) is 23.8 Å². The van der Waals surface area contributed by atoms with Crippen molar-refractivity contribution in [2.45, 2.75) is 25.8 Å². The molecule has 0 spiro atoms. The van der Waals surface area contributed by atoms with Crippen LogP contribution in [0.25, 0.3) is 0 Å². The number of likely N-dealkylation sites (tertiary alicyclic amines) is 1. The van der Waals surface area contributed by atoms with E-state index in [4.69, 9.17) is 23.2 Å². The smallest absolute Gasteiger partial charge is 0.253 e. The number of halogens is 3. The predicted octanol–water partition coefficient (Wildman–Crippen LogP) is 5.49. The van der Waals surface area contributed by atoms with Gasteiger partial charge in [0.25, 0.3) is 5.91 Å². The number of rotatable bonds is 4. The van der Waals surface area contributed by atoms with E-state index in [0.29, 0.717) is 41.5 Å². The highest BCUT2D eigenvalue weighted by Crippen LogP contribution is 2.27. The summed E-state index contributed by atoms with van der Waals surface area (Å²) in [4.78, 5) is 27.1. The molecule has 1 atom stereocenters. The zero-order valence-corrected chi connectivity index (χ0v) is 18.5. The Labute approximate surface area is 183 Å². The van der Waals surface area contributed by atoms with Gasteiger partial charge in [-0.1, -0.05) is 45.2 Å². The summed E-state index contributed by atoms with van der Waals surface area (Å²) in [6.07, 6.45) is 1.30. The molecule has 1 heterocycles. The fraction of sp³-hybridized carbons (Fsp3) is 0.333. The van der Waals surface area contributed by atoms with Gasteiger partial charge in [0.05, 0.1) is 6.04 Å². The monoisotopic (exact) mass is 482 g/mol. The van der Waals surface area contributed by atoms with Crippen molar-refractivity contribution >= 4 is 50.9 Å². The van der Waals surface area contributed by atoms with Crippen LogP contribution in [-0.4, -0.2) is 29.8 Å². The van der Waals surface area contributed by atoms with E-state index in [1.807, 2.05) is 42.2 Å². The molecule has 148 valence electrons. The molecule has 0 bridgehead atoms. The van der Waals surface area contributed by atoms with E-state index in [1.54, 1.807) is 12.1 Å². The lowest BCUT2D eigenvalue weighted by Gasteiger charge is -2.32. The highest BCUT2D eigenvalue weighted by atomic mass is 79.9. The fourth-order valence-corrected chi connectivity index (χ4v) is 4.22. The minimum absolute atomic E-state index is 0.00532. The molecule has 1 unspecified atom stereocenters. The first-order valence-corrected chi connectivity index (χ1v) is 10.7. The van der Waals surface area contributed by atoms with Crippen LogP contribution in [0.5, 0.6) is 0 Å².